The van der Waals surface area contributed by atoms with Crippen LogP contribution >= 0.6 is 11.6 Å². The molecule has 4 aromatic carbocycles. The number of hydrogen-bond donors (Lipinski definition) is 3. The van der Waals surface area contributed by atoms with E-state index in [1.54, 1.807) is 56.6 Å². The number of aromatic carboxylic acids is 1. The zero-order valence-electron chi connectivity index (χ0n) is 25.7. The summed E-state index contributed by atoms with van der Waals surface area (Å²) in [5.41, 5.74) is 8.05. The van der Waals surface area contributed by atoms with E-state index in [1.165, 1.54) is 21.6 Å². The Balaban J connectivity index is 0.000000323. The molecule has 4 N–H and O–H groups in total. The maximum absolute atomic E-state index is 13.4. The minimum absolute atomic E-state index is 0.0598. The SMILES string of the molecule is CCNC(=O)C(N)c1ccccc1.CN(C(=O)c1ccccc1-c1ccc(C(F)(F)F)cc1)c1ccc2c(c1)c(Cl)c(C(=O)O)n2C. The molecule has 5 rings (SSSR count). The quantitative estimate of drug-likeness (QED) is 0.169. The third kappa shape index (κ3) is 7.65. The lowest BCUT2D eigenvalue weighted by molar-refractivity contribution is -0.137. The van der Waals surface area contributed by atoms with Crippen LogP contribution in [0.2, 0.25) is 5.02 Å². The van der Waals surface area contributed by atoms with E-state index in [1.807, 2.05) is 37.3 Å². The molecule has 12 heteroatoms. The van der Waals surface area contributed by atoms with E-state index in [2.05, 4.69) is 5.32 Å². The molecule has 1 unspecified atom stereocenters. The van der Waals surface area contributed by atoms with Crippen molar-refractivity contribution in [3.8, 4) is 11.1 Å². The average molecular weight is 665 g/mol. The molecule has 1 atom stereocenters. The van der Waals surface area contributed by atoms with Crippen LogP contribution in [0.1, 0.15) is 44.9 Å². The molecule has 1 aromatic heterocycles. The number of amides is 2. The van der Waals surface area contributed by atoms with Crippen LogP contribution in [0.5, 0.6) is 0 Å². The van der Waals surface area contributed by atoms with Gasteiger partial charge in [-0.25, -0.2) is 4.79 Å². The number of carbonyl (C=O) groups is 3. The van der Waals surface area contributed by atoms with Gasteiger partial charge in [0.05, 0.1) is 16.1 Å². The number of hydrogen-bond acceptors (Lipinski definition) is 4. The summed E-state index contributed by atoms with van der Waals surface area (Å²) in [6.45, 7) is 2.48. The van der Waals surface area contributed by atoms with Gasteiger partial charge in [0.1, 0.15) is 11.7 Å². The highest BCUT2D eigenvalue weighted by molar-refractivity contribution is 6.38. The summed E-state index contributed by atoms with van der Waals surface area (Å²) >= 11 is 6.30. The van der Waals surface area contributed by atoms with Crippen molar-refractivity contribution in [1.29, 1.82) is 0 Å². The number of carbonyl (C=O) groups excluding carboxylic acids is 2. The number of nitrogens with two attached hydrogens (primary N) is 1. The number of anilines is 1. The second-order valence-corrected chi connectivity index (χ2v) is 10.9. The van der Waals surface area contributed by atoms with Crippen LogP contribution in [0.15, 0.2) is 97.1 Å². The average Bonchev–Trinajstić information content (AvgIpc) is 3.32. The molecule has 47 heavy (non-hydrogen) atoms. The molecule has 0 saturated carbocycles. The van der Waals surface area contributed by atoms with Crippen molar-refractivity contribution < 1.29 is 32.7 Å². The summed E-state index contributed by atoms with van der Waals surface area (Å²) in [5.74, 6) is -1.69. The first-order chi connectivity index (χ1) is 22.3. The fourth-order valence-corrected chi connectivity index (χ4v) is 5.35. The second-order valence-electron chi connectivity index (χ2n) is 10.5. The maximum atomic E-state index is 13.4. The number of aromatic nitrogens is 1. The summed E-state index contributed by atoms with van der Waals surface area (Å²) in [4.78, 5) is 37.6. The first-order valence-electron chi connectivity index (χ1n) is 14.4. The highest BCUT2D eigenvalue weighted by Gasteiger charge is 2.30. The predicted octanol–water partition coefficient (Wildman–Crippen LogP) is 7.31. The fraction of sp³-hybridized carbons (Fsp3) is 0.171. The van der Waals surface area contributed by atoms with E-state index >= 15 is 0 Å². The van der Waals surface area contributed by atoms with Gasteiger partial charge in [-0.05, 0) is 60.0 Å². The van der Waals surface area contributed by atoms with E-state index in [-0.39, 0.29) is 22.5 Å². The van der Waals surface area contributed by atoms with Crippen molar-refractivity contribution in [2.24, 2.45) is 12.8 Å². The summed E-state index contributed by atoms with van der Waals surface area (Å²) < 4.78 is 40.3. The minimum Gasteiger partial charge on any atom is -0.477 e. The van der Waals surface area contributed by atoms with Crippen molar-refractivity contribution in [2.75, 3.05) is 18.5 Å². The number of carboxylic acids is 1. The van der Waals surface area contributed by atoms with E-state index in [0.717, 1.165) is 17.7 Å². The molecule has 0 aliphatic rings. The third-order valence-electron chi connectivity index (χ3n) is 7.49. The highest BCUT2D eigenvalue weighted by Crippen LogP contribution is 2.35. The molecule has 0 aliphatic carbocycles. The van der Waals surface area contributed by atoms with Crippen LogP contribution in [0.3, 0.4) is 0 Å². The van der Waals surface area contributed by atoms with Gasteiger partial charge in [0.2, 0.25) is 5.91 Å². The summed E-state index contributed by atoms with van der Waals surface area (Å²) in [6.07, 6.45) is -4.45. The number of alkyl halides is 3. The van der Waals surface area contributed by atoms with Crippen molar-refractivity contribution in [1.82, 2.24) is 9.88 Å². The van der Waals surface area contributed by atoms with Gasteiger partial charge in [-0.3, -0.25) is 9.59 Å². The number of nitrogens with zero attached hydrogens (tertiary/aromatic N) is 2. The Kier molecular flexibility index (Phi) is 10.7. The molecule has 2 amide bonds. The van der Waals surface area contributed by atoms with Crippen molar-refractivity contribution >= 4 is 46.0 Å². The lowest BCUT2D eigenvalue weighted by atomic mass is 9.97. The summed E-state index contributed by atoms with van der Waals surface area (Å²) in [6, 6.07) is 25.0. The minimum atomic E-state index is -4.45. The Morgan fingerprint density at radius 3 is 2.17 bits per heavy atom. The van der Waals surface area contributed by atoms with E-state index in [9.17, 15) is 32.7 Å². The largest absolute Gasteiger partial charge is 0.477 e. The molecule has 0 radical (unpaired) electrons. The Morgan fingerprint density at radius 1 is 0.957 bits per heavy atom. The molecule has 8 nitrogen and oxygen atoms in total. The highest BCUT2D eigenvalue weighted by atomic mass is 35.5. The first kappa shape index (κ1) is 34.7. The van der Waals surface area contributed by atoms with Gasteiger partial charge in [-0.2, -0.15) is 13.2 Å². The van der Waals surface area contributed by atoms with Crippen LogP contribution in [0.25, 0.3) is 22.0 Å². The lowest BCUT2D eigenvalue weighted by Gasteiger charge is -2.20. The molecule has 0 fully saturated rings. The fourth-order valence-electron chi connectivity index (χ4n) is 4.99. The number of halogens is 4. The van der Waals surface area contributed by atoms with Gasteiger partial charge in [-0.15, -0.1) is 0 Å². The molecule has 0 aliphatic heterocycles. The van der Waals surface area contributed by atoms with Gasteiger partial charge in [0.15, 0.2) is 0 Å². The van der Waals surface area contributed by atoms with Gasteiger partial charge in [0.25, 0.3) is 5.91 Å². The summed E-state index contributed by atoms with van der Waals surface area (Å²) in [7, 11) is 3.15. The normalized spacial score (nSPS) is 11.7. The lowest BCUT2D eigenvalue weighted by Crippen LogP contribution is -2.33. The Labute approximate surface area is 274 Å². The standard InChI is InChI=1S/C25H18ClF3N2O3.C10H14N2O/c1-30(16-11-12-20-19(13-16)21(26)22(24(33)34)31(20)2)23(32)18-6-4-3-5-17(18)14-7-9-15(10-8-14)25(27,28)29;1-2-12-10(13)9(11)8-6-4-3-5-7-8/h3-13H,1-2H3,(H,33,34);3-7,9H,2,11H2,1H3,(H,12,13). The smallest absolute Gasteiger partial charge is 0.416 e. The number of rotatable bonds is 7. The molecule has 0 saturated heterocycles. The number of likely N-dealkylation sites (N-methyl/N-ethyl adjacent to an activating group) is 1. The van der Waals surface area contributed by atoms with Crippen molar-refractivity contribution in [3.63, 3.8) is 0 Å². The monoisotopic (exact) mass is 664 g/mol. The number of fused-ring (bicyclic) bond motifs is 1. The Morgan fingerprint density at radius 2 is 1.57 bits per heavy atom. The van der Waals surface area contributed by atoms with E-state index in [0.29, 0.717) is 39.8 Å². The van der Waals surface area contributed by atoms with Gasteiger partial charge >= 0.3 is 12.1 Å². The molecule has 1 heterocycles. The number of nitrogens with one attached hydrogen (secondary N) is 1. The van der Waals surface area contributed by atoms with Crippen LogP contribution < -0.4 is 16.0 Å². The van der Waals surface area contributed by atoms with Gasteiger partial charge < -0.3 is 25.6 Å². The zero-order valence-corrected chi connectivity index (χ0v) is 26.4. The van der Waals surface area contributed by atoms with Crippen LogP contribution in [0.4, 0.5) is 18.9 Å². The van der Waals surface area contributed by atoms with Crippen molar-refractivity contribution in [3.05, 3.63) is 124 Å². The van der Waals surface area contributed by atoms with Crippen LogP contribution in [-0.2, 0) is 18.0 Å². The summed E-state index contributed by atoms with van der Waals surface area (Å²) in [5, 5.41) is 12.7. The van der Waals surface area contributed by atoms with Crippen LogP contribution in [0, 0.1) is 0 Å². The predicted molar refractivity (Wildman–Crippen MR) is 177 cm³/mol. The molecule has 0 spiro atoms. The third-order valence-corrected chi connectivity index (χ3v) is 7.87. The van der Waals surface area contributed by atoms with Crippen LogP contribution in [-0.4, -0.2) is 41.0 Å². The molecule has 244 valence electrons. The van der Waals surface area contributed by atoms with E-state index < -0.39 is 23.8 Å². The molecular weight excluding hydrogens is 633 g/mol. The molecule has 0 bridgehead atoms. The topological polar surface area (TPSA) is 118 Å². The Hall–Kier alpha value is -5.13. The molecular formula is C35H32ClF3N4O4. The van der Waals surface area contributed by atoms with Gasteiger partial charge in [0, 0.05) is 37.3 Å². The number of carboxylic acid groups (broad SMARTS) is 1. The number of aryl methyl sites for hydroxylation is 1. The second kappa shape index (κ2) is 14.5. The van der Waals surface area contributed by atoms with Crippen molar-refractivity contribution in [2.45, 2.75) is 19.1 Å². The first-order valence-corrected chi connectivity index (χ1v) is 14.8. The maximum Gasteiger partial charge on any atom is 0.416 e. The molecule has 5 aromatic rings. The van der Waals surface area contributed by atoms with E-state index in [4.69, 9.17) is 17.3 Å². The number of benzene rings is 4. The van der Waals surface area contributed by atoms with Gasteiger partial charge in [-0.1, -0.05) is 72.3 Å². The zero-order chi connectivity index (χ0) is 34.5. The Bertz CT molecular complexity index is 1910.